The number of carboxylic acid groups (broad SMARTS) is 2. The number of H-pyrrole nitrogens is 1. The minimum absolute atomic E-state index is 0.0415. The molecular formula is C28H43N9O7. The SMILES string of the molecule is NCCCCC(N)C(=O)NC(CCCN=C(N)N)C(=O)NC(Cc1c[nH]c2ccccc12)C(=O)NC(CCC(=O)O)C(=O)O. The first-order chi connectivity index (χ1) is 20.9. The van der Waals surface area contributed by atoms with Crippen LogP contribution in [0.2, 0.25) is 0 Å². The van der Waals surface area contributed by atoms with E-state index >= 15 is 0 Å². The van der Waals surface area contributed by atoms with E-state index in [1.165, 1.54) is 0 Å². The van der Waals surface area contributed by atoms with E-state index in [9.17, 15) is 29.1 Å². The van der Waals surface area contributed by atoms with Crippen LogP contribution < -0.4 is 38.9 Å². The predicted molar refractivity (Wildman–Crippen MR) is 163 cm³/mol. The van der Waals surface area contributed by atoms with Crippen molar-refractivity contribution in [3.05, 3.63) is 36.0 Å². The Morgan fingerprint density at radius 3 is 2.16 bits per heavy atom. The number of aromatic nitrogens is 1. The van der Waals surface area contributed by atoms with Crippen LogP contribution in [0.3, 0.4) is 0 Å². The maximum Gasteiger partial charge on any atom is 0.326 e. The van der Waals surface area contributed by atoms with E-state index in [0.29, 0.717) is 37.8 Å². The molecule has 2 aromatic rings. The number of carbonyl (C=O) groups excluding carboxylic acids is 3. The molecule has 4 atom stereocenters. The molecule has 0 bridgehead atoms. The van der Waals surface area contributed by atoms with E-state index in [-0.39, 0.29) is 31.8 Å². The third-order valence-corrected chi connectivity index (χ3v) is 6.88. The normalized spacial score (nSPS) is 13.7. The average Bonchev–Trinajstić information content (AvgIpc) is 3.38. The molecule has 0 radical (unpaired) electrons. The fourth-order valence-electron chi connectivity index (χ4n) is 4.49. The summed E-state index contributed by atoms with van der Waals surface area (Å²) in [6.07, 6.45) is 2.82. The van der Waals surface area contributed by atoms with Crippen molar-refractivity contribution in [1.82, 2.24) is 20.9 Å². The molecule has 16 heteroatoms. The number of fused-ring (bicyclic) bond motifs is 1. The number of amides is 3. The van der Waals surface area contributed by atoms with Gasteiger partial charge in [0.25, 0.3) is 0 Å². The molecule has 0 saturated heterocycles. The molecule has 1 aromatic carbocycles. The van der Waals surface area contributed by atoms with Gasteiger partial charge in [0, 0.05) is 36.5 Å². The summed E-state index contributed by atoms with van der Waals surface area (Å²) in [5, 5.41) is 27.0. The van der Waals surface area contributed by atoms with E-state index in [1.54, 1.807) is 12.3 Å². The standard InChI is InChI=1S/C28H43N9O7/c29-12-4-3-7-18(30)24(40)35-20(9-5-13-33-28(31)32)25(41)37-22(14-16-15-34-19-8-2-1-6-17(16)19)26(42)36-21(27(43)44)10-11-23(38)39/h1-2,6,8,15,18,20-22,34H,3-5,7,9-14,29-30H2,(H,35,40)(H,36,42)(H,37,41)(H,38,39)(H,43,44)(H4,31,32,33). The summed E-state index contributed by atoms with van der Waals surface area (Å²) in [5.74, 6) is -4.91. The average molecular weight is 618 g/mol. The second kappa shape index (κ2) is 18.1. The molecule has 1 aromatic heterocycles. The highest BCUT2D eigenvalue weighted by molar-refractivity contribution is 5.95. The smallest absolute Gasteiger partial charge is 0.326 e. The van der Waals surface area contributed by atoms with Gasteiger partial charge in [-0.1, -0.05) is 24.6 Å². The first-order valence-corrected chi connectivity index (χ1v) is 14.3. The molecule has 0 aliphatic carbocycles. The molecule has 16 nitrogen and oxygen atoms in total. The van der Waals surface area contributed by atoms with Crippen LogP contribution in [-0.2, 0) is 30.4 Å². The zero-order valence-electron chi connectivity index (χ0n) is 24.5. The quantitative estimate of drug-likeness (QED) is 0.0469. The third kappa shape index (κ3) is 11.9. The number of carbonyl (C=O) groups is 5. The first-order valence-electron chi connectivity index (χ1n) is 14.3. The molecule has 3 amide bonds. The number of aromatic amines is 1. The Morgan fingerprint density at radius 1 is 0.841 bits per heavy atom. The van der Waals surface area contributed by atoms with Gasteiger partial charge >= 0.3 is 11.9 Å². The number of hydrogen-bond acceptors (Lipinski definition) is 8. The van der Waals surface area contributed by atoms with Gasteiger partial charge in [-0.05, 0) is 50.3 Å². The lowest BCUT2D eigenvalue weighted by Gasteiger charge is -2.25. The molecule has 0 saturated carbocycles. The molecule has 0 fully saturated rings. The van der Waals surface area contributed by atoms with Gasteiger partial charge in [0.15, 0.2) is 5.96 Å². The van der Waals surface area contributed by atoms with Gasteiger partial charge in [-0.3, -0.25) is 24.2 Å². The topological polar surface area (TPSA) is 294 Å². The number of rotatable bonds is 20. The van der Waals surface area contributed by atoms with Crippen LogP contribution in [0.15, 0.2) is 35.5 Å². The fraction of sp³-hybridized carbons (Fsp3) is 0.500. The van der Waals surface area contributed by atoms with E-state index in [1.807, 2.05) is 18.2 Å². The van der Waals surface area contributed by atoms with Crippen LogP contribution in [0.4, 0.5) is 0 Å². The van der Waals surface area contributed by atoms with Gasteiger partial charge in [0.1, 0.15) is 18.1 Å². The van der Waals surface area contributed by atoms with Crippen molar-refractivity contribution in [3.63, 3.8) is 0 Å². The van der Waals surface area contributed by atoms with Crippen LogP contribution in [0, 0.1) is 0 Å². The summed E-state index contributed by atoms with van der Waals surface area (Å²) in [4.78, 5) is 69.6. The second-order valence-corrected chi connectivity index (χ2v) is 10.4. The van der Waals surface area contributed by atoms with E-state index < -0.39 is 60.2 Å². The summed E-state index contributed by atoms with van der Waals surface area (Å²) in [7, 11) is 0. The second-order valence-electron chi connectivity index (χ2n) is 10.4. The molecule has 14 N–H and O–H groups in total. The van der Waals surface area contributed by atoms with Gasteiger partial charge < -0.3 is 54.1 Å². The van der Waals surface area contributed by atoms with Gasteiger partial charge in [0.2, 0.25) is 17.7 Å². The number of para-hydroxylation sites is 1. The number of aliphatic carboxylic acids is 2. The van der Waals surface area contributed by atoms with Crippen LogP contribution >= 0.6 is 0 Å². The summed E-state index contributed by atoms with van der Waals surface area (Å²) in [6.45, 7) is 0.622. The van der Waals surface area contributed by atoms with Crippen LogP contribution in [0.25, 0.3) is 10.9 Å². The lowest BCUT2D eigenvalue weighted by molar-refractivity contribution is -0.143. The van der Waals surface area contributed by atoms with Crippen molar-refractivity contribution >= 4 is 46.5 Å². The van der Waals surface area contributed by atoms with E-state index in [4.69, 9.17) is 28.0 Å². The largest absolute Gasteiger partial charge is 0.481 e. The van der Waals surface area contributed by atoms with Gasteiger partial charge in [-0.15, -0.1) is 0 Å². The van der Waals surface area contributed by atoms with Crippen molar-refractivity contribution in [2.75, 3.05) is 13.1 Å². The Labute approximate surface area is 254 Å². The maximum absolute atomic E-state index is 13.6. The Bertz CT molecular complexity index is 1310. The Kier molecular flexibility index (Phi) is 14.6. The Balaban J connectivity index is 2.31. The highest BCUT2D eigenvalue weighted by Gasteiger charge is 2.31. The van der Waals surface area contributed by atoms with Crippen molar-refractivity contribution < 1.29 is 34.2 Å². The molecule has 4 unspecified atom stereocenters. The van der Waals surface area contributed by atoms with E-state index in [2.05, 4.69) is 25.9 Å². The first kappa shape index (κ1) is 35.5. The van der Waals surface area contributed by atoms with Crippen molar-refractivity contribution in [2.45, 2.75) is 75.5 Å². The maximum atomic E-state index is 13.6. The minimum Gasteiger partial charge on any atom is -0.481 e. The van der Waals surface area contributed by atoms with Gasteiger partial charge in [-0.2, -0.15) is 0 Å². The number of carboxylic acids is 2. The molecule has 0 aliphatic rings. The summed E-state index contributed by atoms with van der Waals surface area (Å²) in [6, 6.07) is 2.46. The highest BCUT2D eigenvalue weighted by atomic mass is 16.4. The number of guanidine groups is 1. The van der Waals surface area contributed by atoms with Crippen LogP contribution in [0.1, 0.15) is 50.5 Å². The number of aliphatic imine (C=N–C) groups is 1. The minimum atomic E-state index is -1.51. The summed E-state index contributed by atoms with van der Waals surface area (Å²) < 4.78 is 0. The molecular weight excluding hydrogens is 574 g/mol. The number of hydrogen-bond donors (Lipinski definition) is 10. The lowest BCUT2D eigenvalue weighted by atomic mass is 10.0. The molecule has 44 heavy (non-hydrogen) atoms. The Morgan fingerprint density at radius 2 is 1.50 bits per heavy atom. The molecule has 2 rings (SSSR count). The summed E-state index contributed by atoms with van der Waals surface area (Å²) in [5.41, 5.74) is 23.7. The highest BCUT2D eigenvalue weighted by Crippen LogP contribution is 2.19. The molecule has 0 spiro atoms. The summed E-state index contributed by atoms with van der Waals surface area (Å²) >= 11 is 0. The van der Waals surface area contributed by atoms with Crippen molar-refractivity contribution in [3.8, 4) is 0 Å². The predicted octanol–water partition coefficient (Wildman–Crippen LogP) is -1.38. The zero-order chi connectivity index (χ0) is 32.6. The molecule has 242 valence electrons. The fourth-order valence-corrected chi connectivity index (χ4v) is 4.49. The monoisotopic (exact) mass is 617 g/mol. The number of benzene rings is 1. The van der Waals surface area contributed by atoms with Crippen molar-refractivity contribution in [1.29, 1.82) is 0 Å². The number of unbranched alkanes of at least 4 members (excludes halogenated alkanes) is 1. The van der Waals surface area contributed by atoms with Crippen LogP contribution in [0.5, 0.6) is 0 Å². The van der Waals surface area contributed by atoms with Crippen LogP contribution in [-0.4, -0.2) is 88.1 Å². The zero-order valence-corrected chi connectivity index (χ0v) is 24.5. The van der Waals surface area contributed by atoms with Crippen molar-refractivity contribution in [2.24, 2.45) is 27.9 Å². The lowest BCUT2D eigenvalue weighted by Crippen LogP contribution is -2.57. The molecule has 0 aliphatic heterocycles. The Hall–Kier alpha value is -4.70. The molecule has 1 heterocycles. The number of nitrogens with zero attached hydrogens (tertiary/aromatic N) is 1. The van der Waals surface area contributed by atoms with Gasteiger partial charge in [-0.25, -0.2) is 4.79 Å². The third-order valence-electron chi connectivity index (χ3n) is 6.88. The number of nitrogens with one attached hydrogen (secondary N) is 4. The van der Waals surface area contributed by atoms with Gasteiger partial charge in [0.05, 0.1) is 6.04 Å². The number of nitrogens with two attached hydrogens (primary N) is 4. The van der Waals surface area contributed by atoms with E-state index in [0.717, 1.165) is 10.9 Å².